The van der Waals surface area contributed by atoms with Crippen molar-refractivity contribution in [2.45, 2.75) is 20.8 Å². The fourth-order valence-corrected chi connectivity index (χ4v) is 5.30. The molecule has 3 aromatic carbocycles. The zero-order chi connectivity index (χ0) is 18.5. The summed E-state index contributed by atoms with van der Waals surface area (Å²) in [5.41, 5.74) is 3.78. The topological polar surface area (TPSA) is 4.93 Å². The van der Waals surface area contributed by atoms with Crippen LogP contribution in [0, 0.1) is 6.92 Å². The molecule has 0 aliphatic heterocycles. The summed E-state index contributed by atoms with van der Waals surface area (Å²) in [7, 11) is 0. The quantitative estimate of drug-likeness (QED) is 0.347. The largest absolute Gasteiger partial charge is 0.310 e. The first-order valence-electron chi connectivity index (χ1n) is 9.36. The lowest BCUT2D eigenvalue weighted by molar-refractivity contribution is 1.06. The summed E-state index contributed by atoms with van der Waals surface area (Å²) in [6.45, 7) is 6.42. The van der Waals surface area contributed by atoms with Crippen LogP contribution in [0.25, 0.3) is 48.9 Å². The van der Waals surface area contributed by atoms with Crippen molar-refractivity contribution in [3.8, 4) is 5.69 Å². The Balaban J connectivity index is 2.02. The highest BCUT2D eigenvalue weighted by Crippen LogP contribution is 2.35. The monoisotopic (exact) mass is 367 g/mol. The minimum absolute atomic E-state index is 1.22. The molecular formula is C25H21NS. The Hall–Kier alpha value is -2.84. The molecule has 2 heteroatoms. The summed E-state index contributed by atoms with van der Waals surface area (Å²) in [5.74, 6) is 0. The Morgan fingerprint density at radius 3 is 2.41 bits per heavy atom. The van der Waals surface area contributed by atoms with E-state index in [9.17, 15) is 0 Å². The molecule has 0 saturated carbocycles. The highest BCUT2D eigenvalue weighted by Gasteiger charge is 2.13. The maximum absolute atomic E-state index is 2.40. The van der Waals surface area contributed by atoms with E-state index in [1.807, 2.05) is 11.3 Å². The molecule has 5 aromatic rings. The molecule has 0 amide bonds. The summed E-state index contributed by atoms with van der Waals surface area (Å²) in [5, 5.41) is 6.61. The first-order chi connectivity index (χ1) is 13.2. The van der Waals surface area contributed by atoms with Gasteiger partial charge in [-0.05, 0) is 56.7 Å². The van der Waals surface area contributed by atoms with Crippen LogP contribution in [0.3, 0.4) is 0 Å². The molecule has 0 aliphatic rings. The lowest BCUT2D eigenvalue weighted by Gasteiger charge is -2.08. The van der Waals surface area contributed by atoms with Gasteiger partial charge in [0.1, 0.15) is 0 Å². The van der Waals surface area contributed by atoms with Crippen molar-refractivity contribution in [1.82, 2.24) is 4.57 Å². The van der Waals surface area contributed by atoms with E-state index >= 15 is 0 Å². The zero-order valence-electron chi connectivity index (χ0n) is 15.8. The lowest BCUT2D eigenvalue weighted by atomic mass is 10.1. The minimum Gasteiger partial charge on any atom is -0.310 e. The summed E-state index contributed by atoms with van der Waals surface area (Å²) in [6.07, 6.45) is 4.47. The number of fused-ring (bicyclic) bond motifs is 4. The van der Waals surface area contributed by atoms with Crippen molar-refractivity contribution < 1.29 is 0 Å². The second-order valence-electron chi connectivity index (χ2n) is 7.01. The van der Waals surface area contributed by atoms with Crippen LogP contribution in [0.2, 0.25) is 0 Å². The van der Waals surface area contributed by atoms with Crippen LogP contribution in [-0.4, -0.2) is 4.57 Å². The van der Waals surface area contributed by atoms with Crippen LogP contribution in [0.15, 0.2) is 60.7 Å². The van der Waals surface area contributed by atoms with E-state index < -0.39 is 0 Å². The fourth-order valence-electron chi connectivity index (χ4n) is 4.18. The molecule has 0 N–H and O–H groups in total. The van der Waals surface area contributed by atoms with Crippen LogP contribution in [-0.2, 0) is 0 Å². The smallest absolute Gasteiger partial charge is 0.0555 e. The van der Waals surface area contributed by atoms with Gasteiger partial charge < -0.3 is 4.57 Å². The predicted octanol–water partition coefficient (Wildman–Crippen LogP) is 5.91. The third-order valence-corrected chi connectivity index (χ3v) is 6.50. The van der Waals surface area contributed by atoms with Gasteiger partial charge in [0.25, 0.3) is 0 Å². The van der Waals surface area contributed by atoms with Gasteiger partial charge in [0.15, 0.2) is 0 Å². The molecule has 2 aromatic heterocycles. The maximum atomic E-state index is 2.40. The SMILES string of the molecule is C/C=c1\c(=C/C)n(-c2cccc(C)c2)c2cc3sc4ccccc4c3cc12. The Morgan fingerprint density at radius 1 is 0.778 bits per heavy atom. The summed E-state index contributed by atoms with van der Waals surface area (Å²) >= 11 is 1.88. The molecule has 132 valence electrons. The molecular weight excluding hydrogens is 346 g/mol. The van der Waals surface area contributed by atoms with Crippen LogP contribution in [0.5, 0.6) is 0 Å². The van der Waals surface area contributed by atoms with Gasteiger partial charge in [0, 0.05) is 41.8 Å². The lowest BCUT2D eigenvalue weighted by Crippen LogP contribution is -2.27. The number of aryl methyl sites for hydroxylation is 1. The average Bonchev–Trinajstić information content (AvgIpc) is 3.20. The van der Waals surface area contributed by atoms with Gasteiger partial charge in [-0.3, -0.25) is 0 Å². The highest BCUT2D eigenvalue weighted by atomic mass is 32.1. The van der Waals surface area contributed by atoms with Crippen LogP contribution >= 0.6 is 11.3 Å². The van der Waals surface area contributed by atoms with E-state index in [1.54, 1.807) is 0 Å². The Bertz CT molecular complexity index is 1450. The Kier molecular flexibility index (Phi) is 3.70. The van der Waals surface area contributed by atoms with Gasteiger partial charge >= 0.3 is 0 Å². The number of hydrogen-bond donors (Lipinski definition) is 0. The van der Waals surface area contributed by atoms with Gasteiger partial charge in [0.2, 0.25) is 0 Å². The van der Waals surface area contributed by atoms with E-state index in [0.29, 0.717) is 0 Å². The highest BCUT2D eigenvalue weighted by molar-refractivity contribution is 7.25. The van der Waals surface area contributed by atoms with E-state index in [1.165, 1.54) is 52.9 Å². The predicted molar refractivity (Wildman–Crippen MR) is 120 cm³/mol. The number of aromatic nitrogens is 1. The van der Waals surface area contributed by atoms with Gasteiger partial charge in [0.05, 0.1) is 5.52 Å². The molecule has 5 rings (SSSR count). The van der Waals surface area contributed by atoms with E-state index in [4.69, 9.17) is 0 Å². The number of rotatable bonds is 1. The molecule has 0 bridgehead atoms. The van der Waals surface area contributed by atoms with E-state index in [2.05, 4.69) is 98.2 Å². The second kappa shape index (κ2) is 6.11. The molecule has 0 aliphatic carbocycles. The molecule has 0 radical (unpaired) electrons. The number of thiophene rings is 1. The molecule has 27 heavy (non-hydrogen) atoms. The molecule has 0 saturated heterocycles. The van der Waals surface area contributed by atoms with Gasteiger partial charge in [-0.2, -0.15) is 0 Å². The Morgan fingerprint density at radius 2 is 1.63 bits per heavy atom. The third-order valence-electron chi connectivity index (χ3n) is 5.36. The van der Waals surface area contributed by atoms with Crippen molar-refractivity contribution in [2.24, 2.45) is 0 Å². The first kappa shape index (κ1) is 16.3. The molecule has 0 spiro atoms. The first-order valence-corrected chi connectivity index (χ1v) is 10.2. The van der Waals surface area contributed by atoms with Gasteiger partial charge in [-0.15, -0.1) is 11.3 Å². The number of hydrogen-bond acceptors (Lipinski definition) is 1. The van der Waals surface area contributed by atoms with Crippen molar-refractivity contribution in [3.05, 3.63) is 76.8 Å². The fraction of sp³-hybridized carbons (Fsp3) is 0.120. The third kappa shape index (κ3) is 2.37. The van der Waals surface area contributed by atoms with Crippen LogP contribution in [0.4, 0.5) is 0 Å². The van der Waals surface area contributed by atoms with Crippen molar-refractivity contribution >= 4 is 54.6 Å². The number of benzene rings is 3. The Labute approximate surface area is 162 Å². The average molecular weight is 368 g/mol. The second-order valence-corrected chi connectivity index (χ2v) is 8.10. The zero-order valence-corrected chi connectivity index (χ0v) is 16.6. The summed E-state index contributed by atoms with van der Waals surface area (Å²) in [4.78, 5) is 0. The molecule has 1 nitrogen and oxygen atoms in total. The van der Waals surface area contributed by atoms with Crippen molar-refractivity contribution in [2.75, 3.05) is 0 Å². The minimum atomic E-state index is 1.22. The van der Waals surface area contributed by atoms with Gasteiger partial charge in [-0.1, -0.05) is 42.5 Å². The van der Waals surface area contributed by atoms with Crippen LogP contribution in [0.1, 0.15) is 19.4 Å². The van der Waals surface area contributed by atoms with E-state index in [0.717, 1.165) is 0 Å². The molecule has 2 heterocycles. The van der Waals surface area contributed by atoms with E-state index in [-0.39, 0.29) is 0 Å². The normalized spacial score (nSPS) is 13.4. The standard InChI is InChI=1S/C25H21NS/c1-4-18-20-14-21-19-11-6-7-12-24(19)27-25(21)15-23(20)26(22(18)5-2)17-10-8-9-16(3)13-17/h4-15H,1-3H3/b18-4-,22-5+. The number of nitrogens with zero attached hydrogens (tertiary/aromatic N) is 1. The van der Waals surface area contributed by atoms with Gasteiger partial charge in [-0.25, -0.2) is 0 Å². The van der Waals surface area contributed by atoms with Crippen molar-refractivity contribution in [3.63, 3.8) is 0 Å². The summed E-state index contributed by atoms with van der Waals surface area (Å²) < 4.78 is 5.11. The molecule has 0 atom stereocenters. The van der Waals surface area contributed by atoms with Crippen LogP contribution < -0.4 is 10.6 Å². The maximum Gasteiger partial charge on any atom is 0.0555 e. The molecule has 0 fully saturated rings. The molecule has 0 unspecified atom stereocenters. The summed E-state index contributed by atoms with van der Waals surface area (Å²) in [6, 6.07) is 22.2. The van der Waals surface area contributed by atoms with Crippen molar-refractivity contribution in [1.29, 1.82) is 0 Å².